The Morgan fingerprint density at radius 1 is 0.976 bits per heavy atom. The summed E-state index contributed by atoms with van der Waals surface area (Å²) in [5.41, 5.74) is 4.32. The predicted octanol–water partition coefficient (Wildman–Crippen LogP) is 4.42. The van der Waals surface area contributed by atoms with Crippen molar-refractivity contribution in [1.29, 1.82) is 0 Å². The average Bonchev–Trinajstić information content (AvgIpc) is 3.45. The van der Waals surface area contributed by atoms with Crippen LogP contribution in [0.5, 0.6) is 11.5 Å². The molecule has 0 radical (unpaired) electrons. The van der Waals surface area contributed by atoms with Gasteiger partial charge < -0.3 is 35.8 Å². The van der Waals surface area contributed by atoms with Crippen LogP contribution < -0.4 is 30.7 Å². The number of carbonyl (C=O) groups is 3. The van der Waals surface area contributed by atoms with E-state index in [0.717, 1.165) is 35.5 Å². The topological polar surface area (TPSA) is 151 Å². The standard InChI is InChI=1S/C31H37N5O6/c1-3-4-8-25(35-31(40)36-26(16-29(37)38)22-11-14-27-28(15-22)42-19-41-27)30(39)33-17-21-9-12-23(13-10-21)32-18-24-7-5-6-20(2)34-24/h5-7,9-15,25-26,32H,3-4,8,16-19H2,1-2H3,(H,33,39)(H,37,38)(H2,35,36,40)/t25-,26-/m0/s1. The lowest BCUT2D eigenvalue weighted by Gasteiger charge is -2.22. The third-order valence-electron chi connectivity index (χ3n) is 6.79. The van der Waals surface area contributed by atoms with Gasteiger partial charge in [0.05, 0.1) is 24.7 Å². The van der Waals surface area contributed by atoms with Crippen molar-refractivity contribution in [2.45, 2.75) is 64.7 Å². The van der Waals surface area contributed by atoms with Gasteiger partial charge in [-0.05, 0) is 60.9 Å². The molecule has 42 heavy (non-hydrogen) atoms. The monoisotopic (exact) mass is 575 g/mol. The molecule has 3 amide bonds. The number of carbonyl (C=O) groups excluding carboxylic acids is 2. The number of amides is 3. The number of carboxylic acids is 1. The first kappa shape index (κ1) is 30.2. The molecule has 1 aliphatic heterocycles. The van der Waals surface area contributed by atoms with Gasteiger partial charge >= 0.3 is 12.0 Å². The van der Waals surface area contributed by atoms with Gasteiger partial charge in [-0.2, -0.15) is 0 Å². The zero-order chi connectivity index (χ0) is 29.9. The number of unbranched alkanes of at least 4 members (excludes halogenated alkanes) is 1. The van der Waals surface area contributed by atoms with E-state index in [1.54, 1.807) is 18.2 Å². The molecule has 1 aromatic heterocycles. The highest BCUT2D eigenvalue weighted by molar-refractivity contribution is 5.87. The summed E-state index contributed by atoms with van der Waals surface area (Å²) in [4.78, 5) is 42.0. The number of anilines is 1. The number of benzene rings is 2. The number of pyridine rings is 1. The number of fused-ring (bicyclic) bond motifs is 1. The Kier molecular flexibility index (Phi) is 10.6. The van der Waals surface area contributed by atoms with Gasteiger partial charge in [-0.15, -0.1) is 0 Å². The summed E-state index contributed by atoms with van der Waals surface area (Å²) < 4.78 is 10.7. The van der Waals surface area contributed by atoms with Crippen LogP contribution in [-0.4, -0.2) is 40.8 Å². The molecule has 0 saturated heterocycles. The lowest BCUT2D eigenvalue weighted by molar-refractivity contribution is -0.137. The van der Waals surface area contributed by atoms with Crippen molar-refractivity contribution in [2.24, 2.45) is 0 Å². The highest BCUT2D eigenvalue weighted by atomic mass is 16.7. The summed E-state index contributed by atoms with van der Waals surface area (Å²) in [6, 6.07) is 16.4. The van der Waals surface area contributed by atoms with E-state index in [0.29, 0.717) is 36.6 Å². The third-order valence-corrected chi connectivity index (χ3v) is 6.79. The number of aryl methyl sites for hydroxylation is 1. The second kappa shape index (κ2) is 14.7. The number of aliphatic carboxylic acids is 1. The minimum absolute atomic E-state index is 0.0806. The first-order valence-corrected chi connectivity index (χ1v) is 14.0. The number of hydrogen-bond donors (Lipinski definition) is 5. The smallest absolute Gasteiger partial charge is 0.315 e. The van der Waals surface area contributed by atoms with Crippen molar-refractivity contribution in [2.75, 3.05) is 12.1 Å². The zero-order valence-corrected chi connectivity index (χ0v) is 23.8. The zero-order valence-electron chi connectivity index (χ0n) is 23.8. The van der Waals surface area contributed by atoms with Crippen LogP contribution in [0.25, 0.3) is 0 Å². The second-order valence-corrected chi connectivity index (χ2v) is 10.1. The van der Waals surface area contributed by atoms with Gasteiger partial charge in [0.15, 0.2) is 11.5 Å². The summed E-state index contributed by atoms with van der Waals surface area (Å²) in [6.07, 6.45) is 1.68. The number of aromatic nitrogens is 1. The lowest BCUT2D eigenvalue weighted by Crippen LogP contribution is -2.50. The van der Waals surface area contributed by atoms with Crippen LogP contribution in [0.15, 0.2) is 60.7 Å². The molecule has 11 heteroatoms. The Morgan fingerprint density at radius 2 is 1.76 bits per heavy atom. The third kappa shape index (κ3) is 8.85. The van der Waals surface area contributed by atoms with Crippen LogP contribution in [0, 0.1) is 6.92 Å². The predicted molar refractivity (Wildman–Crippen MR) is 157 cm³/mol. The molecule has 3 aromatic rings. The molecule has 0 spiro atoms. The molecule has 2 heterocycles. The molecule has 222 valence electrons. The Morgan fingerprint density at radius 3 is 2.50 bits per heavy atom. The fraction of sp³-hybridized carbons (Fsp3) is 0.355. The molecule has 0 fully saturated rings. The van der Waals surface area contributed by atoms with E-state index in [1.807, 2.05) is 56.3 Å². The fourth-order valence-corrected chi connectivity index (χ4v) is 4.54. The van der Waals surface area contributed by atoms with E-state index in [4.69, 9.17) is 9.47 Å². The Labute approximate surface area is 245 Å². The average molecular weight is 576 g/mol. The minimum atomic E-state index is -1.08. The summed E-state index contributed by atoms with van der Waals surface area (Å²) in [7, 11) is 0. The first-order chi connectivity index (χ1) is 20.3. The van der Waals surface area contributed by atoms with E-state index in [9.17, 15) is 19.5 Å². The van der Waals surface area contributed by atoms with E-state index in [-0.39, 0.29) is 19.1 Å². The molecule has 0 bridgehead atoms. The molecule has 5 N–H and O–H groups in total. The molecule has 2 atom stereocenters. The van der Waals surface area contributed by atoms with Crippen molar-refractivity contribution < 1.29 is 29.0 Å². The van der Waals surface area contributed by atoms with Crippen molar-refractivity contribution in [3.05, 3.63) is 83.2 Å². The second-order valence-electron chi connectivity index (χ2n) is 10.1. The number of urea groups is 1. The highest BCUT2D eigenvalue weighted by Gasteiger charge is 2.25. The SMILES string of the molecule is CCCC[C@H](NC(=O)N[C@@H](CC(=O)O)c1ccc2c(c1)OCO2)C(=O)NCc1ccc(NCc2cccc(C)n2)cc1. The maximum atomic E-state index is 13.1. The van der Waals surface area contributed by atoms with Gasteiger partial charge in [0.2, 0.25) is 12.7 Å². The molecule has 1 aliphatic rings. The van der Waals surface area contributed by atoms with Gasteiger partial charge in [0.1, 0.15) is 6.04 Å². The largest absolute Gasteiger partial charge is 0.481 e. The summed E-state index contributed by atoms with van der Waals surface area (Å²) in [6.45, 7) is 4.94. The Hall–Kier alpha value is -4.80. The van der Waals surface area contributed by atoms with Crippen LogP contribution in [-0.2, 0) is 22.7 Å². The number of nitrogens with zero attached hydrogens (tertiary/aromatic N) is 1. The number of carboxylic acid groups (broad SMARTS) is 1. The Bertz CT molecular complexity index is 1380. The van der Waals surface area contributed by atoms with Crippen LogP contribution in [0.2, 0.25) is 0 Å². The molecule has 0 aliphatic carbocycles. The molecular weight excluding hydrogens is 538 g/mol. The van der Waals surface area contributed by atoms with Gasteiger partial charge in [-0.1, -0.05) is 44.0 Å². The van der Waals surface area contributed by atoms with Crippen LogP contribution in [0.4, 0.5) is 10.5 Å². The first-order valence-electron chi connectivity index (χ1n) is 14.0. The molecule has 0 saturated carbocycles. The number of nitrogens with one attached hydrogen (secondary N) is 4. The summed E-state index contributed by atoms with van der Waals surface area (Å²) in [5.74, 6) is -0.355. The van der Waals surface area contributed by atoms with Crippen molar-refractivity contribution in [3.63, 3.8) is 0 Å². The van der Waals surface area contributed by atoms with Crippen LogP contribution in [0.1, 0.15) is 61.2 Å². The number of hydrogen-bond acceptors (Lipinski definition) is 7. The minimum Gasteiger partial charge on any atom is -0.481 e. The van der Waals surface area contributed by atoms with E-state index in [1.165, 1.54) is 0 Å². The maximum Gasteiger partial charge on any atom is 0.315 e. The molecule has 2 aromatic carbocycles. The number of rotatable bonds is 14. The van der Waals surface area contributed by atoms with E-state index in [2.05, 4.69) is 26.3 Å². The lowest BCUT2D eigenvalue weighted by atomic mass is 10.0. The quantitative estimate of drug-likeness (QED) is 0.190. The van der Waals surface area contributed by atoms with E-state index < -0.39 is 24.1 Å². The molecule has 4 rings (SSSR count). The molecule has 0 unspecified atom stereocenters. The molecular formula is C31H37N5O6. The van der Waals surface area contributed by atoms with Gasteiger partial charge in [0.25, 0.3) is 0 Å². The highest BCUT2D eigenvalue weighted by Crippen LogP contribution is 2.34. The Balaban J connectivity index is 1.31. The fourth-order valence-electron chi connectivity index (χ4n) is 4.54. The van der Waals surface area contributed by atoms with Crippen molar-refractivity contribution in [3.8, 4) is 11.5 Å². The number of ether oxygens (including phenoxy) is 2. The van der Waals surface area contributed by atoms with Crippen LogP contribution in [0.3, 0.4) is 0 Å². The van der Waals surface area contributed by atoms with Gasteiger partial charge in [-0.25, -0.2) is 4.79 Å². The van der Waals surface area contributed by atoms with Crippen molar-refractivity contribution in [1.82, 2.24) is 20.9 Å². The normalized spacial score (nSPS) is 13.1. The van der Waals surface area contributed by atoms with E-state index >= 15 is 0 Å². The van der Waals surface area contributed by atoms with Gasteiger partial charge in [0, 0.05) is 17.9 Å². The summed E-state index contributed by atoms with van der Waals surface area (Å²) in [5, 5.41) is 21.1. The van der Waals surface area contributed by atoms with Crippen LogP contribution >= 0.6 is 0 Å². The maximum absolute atomic E-state index is 13.1. The molecule has 11 nitrogen and oxygen atoms in total. The van der Waals surface area contributed by atoms with Crippen molar-refractivity contribution >= 4 is 23.6 Å². The summed E-state index contributed by atoms with van der Waals surface area (Å²) >= 11 is 0. The van der Waals surface area contributed by atoms with Gasteiger partial charge in [-0.3, -0.25) is 14.6 Å².